The Labute approximate surface area is 467 Å². The van der Waals surface area contributed by atoms with E-state index in [0.717, 1.165) is 29.2 Å². The molecule has 2 aromatic carbocycles. The van der Waals surface area contributed by atoms with Gasteiger partial charge in [0.25, 0.3) is 11.4 Å². The summed E-state index contributed by atoms with van der Waals surface area (Å²) in [6, 6.07) is 4.13. The number of nitrogens with zero attached hydrogens (tertiary/aromatic N) is 3. The average molecular weight is 1170 g/mol. The molecule has 3 aliphatic rings. The van der Waals surface area contributed by atoms with Gasteiger partial charge in [0.2, 0.25) is 0 Å². The quantitative estimate of drug-likeness (QED) is 0.0551. The van der Waals surface area contributed by atoms with E-state index in [1.165, 1.54) is 44.3 Å². The third-order valence-corrected chi connectivity index (χ3v) is 12.9. The molecule has 0 aromatic heterocycles. The van der Waals surface area contributed by atoms with Gasteiger partial charge in [0.1, 0.15) is 60.2 Å². The predicted molar refractivity (Wildman–Crippen MR) is 276 cm³/mol. The Balaban J connectivity index is 1.59. The Morgan fingerprint density at radius 3 is 1.83 bits per heavy atom. The van der Waals surface area contributed by atoms with Crippen molar-refractivity contribution < 1.29 is 101 Å². The molecular formula is C51H69F3N8O20. The minimum absolute atomic E-state index is 0.245. The number of carbonyl (C=O) groups excluding carboxylic acids is 5. The van der Waals surface area contributed by atoms with E-state index in [1.807, 2.05) is 0 Å². The van der Waals surface area contributed by atoms with Crippen LogP contribution in [0.15, 0.2) is 72.6 Å². The number of carbonyl (C=O) groups is 5. The van der Waals surface area contributed by atoms with Crippen molar-refractivity contribution in [2.45, 2.75) is 158 Å². The van der Waals surface area contributed by atoms with E-state index in [4.69, 9.17) is 33.2 Å². The molecule has 12 atom stereocenters. The number of non-ortho nitro benzene ring substituents is 2. The first kappa shape index (κ1) is 65.2. The number of alkyl halides is 3. The van der Waals surface area contributed by atoms with Gasteiger partial charge in [0, 0.05) is 49.0 Å². The van der Waals surface area contributed by atoms with Crippen molar-refractivity contribution >= 4 is 41.7 Å². The number of aliphatic hydroxyl groups excluding tert-OH is 3. The van der Waals surface area contributed by atoms with E-state index < -0.39 is 169 Å². The van der Waals surface area contributed by atoms with Crippen molar-refractivity contribution in [3.05, 3.63) is 104 Å². The number of aliphatic hydroxyl groups is 4. The van der Waals surface area contributed by atoms with Gasteiger partial charge in [-0.15, -0.1) is 0 Å². The maximum atomic E-state index is 14.0. The lowest BCUT2D eigenvalue weighted by Crippen LogP contribution is -2.70. The number of halogens is 3. The van der Waals surface area contributed by atoms with Gasteiger partial charge < -0.3 is 85.1 Å². The number of rotatable bonds is 19. The van der Waals surface area contributed by atoms with Gasteiger partial charge in [-0.25, -0.2) is 19.2 Å². The van der Waals surface area contributed by atoms with Gasteiger partial charge in [-0.05, 0) is 103 Å². The summed E-state index contributed by atoms with van der Waals surface area (Å²) in [5.74, 6) is -4.32. The highest BCUT2D eigenvalue weighted by molar-refractivity contribution is 5.81. The molecule has 2 fully saturated rings. The Kier molecular flexibility index (Phi) is 21.5. The van der Waals surface area contributed by atoms with E-state index in [-0.39, 0.29) is 34.8 Å². The second-order valence-corrected chi connectivity index (χ2v) is 21.8. The van der Waals surface area contributed by atoms with Crippen LogP contribution in [-0.2, 0) is 51.2 Å². The molecule has 28 nitrogen and oxygen atoms in total. The van der Waals surface area contributed by atoms with Crippen LogP contribution in [0.2, 0.25) is 0 Å². The van der Waals surface area contributed by atoms with E-state index in [0.29, 0.717) is 5.56 Å². The van der Waals surface area contributed by atoms with E-state index >= 15 is 0 Å². The number of alkyl carbamates (subject to hydrolysis) is 3. The third-order valence-electron chi connectivity index (χ3n) is 12.9. The molecule has 2 heterocycles. The summed E-state index contributed by atoms with van der Waals surface area (Å²) < 4.78 is 80.6. The number of hydrogen-bond acceptors (Lipinski definition) is 21. The summed E-state index contributed by atoms with van der Waals surface area (Å²) in [4.78, 5) is 87.8. The number of ether oxygens (including phenoxy) is 7. The SMILES string of the molecule is C=C(N[C@@H]1C[C@H](NC(=O)OCc2ccc([N+](=O)[O-])cc2)C([C@H]2OC(CNC(=O)C(F)(F)F)=CC[C@H]2NC(=O)OCc2ccc([N+](=O)[O-])cc2)[C@H](O)[C@H]1O[C@H]1OC[C@](C)(O)[C@H](N(C)C(=O)OC(C)(C)C)[C@H]1O)[C@@H](O)CNC(=O)OC(C)(C)C. The first-order chi connectivity index (χ1) is 38.0. The van der Waals surface area contributed by atoms with Gasteiger partial charge in [0.15, 0.2) is 6.29 Å². The average Bonchev–Trinajstić information content (AvgIpc) is 3.40. The summed E-state index contributed by atoms with van der Waals surface area (Å²) in [6.07, 6.45) is -20.1. The van der Waals surface area contributed by atoms with Crippen molar-refractivity contribution in [2.75, 3.05) is 26.7 Å². The lowest BCUT2D eigenvalue weighted by molar-refractivity contribution is -0.385. The van der Waals surface area contributed by atoms with Crippen LogP contribution in [0.3, 0.4) is 0 Å². The maximum Gasteiger partial charge on any atom is 0.471 e. The van der Waals surface area contributed by atoms with Crippen LogP contribution in [0, 0.1) is 26.1 Å². The molecule has 5 amide bonds. The molecule has 1 unspecified atom stereocenters. The van der Waals surface area contributed by atoms with Crippen LogP contribution in [0.5, 0.6) is 0 Å². The number of benzene rings is 2. The van der Waals surface area contributed by atoms with Gasteiger partial charge >= 0.3 is 36.5 Å². The zero-order chi connectivity index (χ0) is 61.2. The summed E-state index contributed by atoms with van der Waals surface area (Å²) in [5.41, 5.74) is -4.16. The molecule has 0 spiro atoms. The third kappa shape index (κ3) is 18.5. The number of nitro benzene ring substituents is 2. The molecule has 31 heteroatoms. The van der Waals surface area contributed by atoms with Crippen LogP contribution in [0.4, 0.5) is 43.7 Å². The maximum absolute atomic E-state index is 14.0. The summed E-state index contributed by atoms with van der Waals surface area (Å²) in [6.45, 7) is 11.7. The largest absolute Gasteiger partial charge is 0.491 e. The Morgan fingerprint density at radius 1 is 0.805 bits per heavy atom. The number of nitro groups is 2. The molecule has 2 aliphatic heterocycles. The smallest absolute Gasteiger partial charge is 0.471 e. The minimum atomic E-state index is -5.34. The lowest BCUT2D eigenvalue weighted by Gasteiger charge is -2.52. The number of likely N-dealkylation sites (N-methyl/N-ethyl adjacent to an activating group) is 1. The molecule has 454 valence electrons. The van der Waals surface area contributed by atoms with Crippen molar-refractivity contribution in [2.24, 2.45) is 5.92 Å². The second-order valence-electron chi connectivity index (χ2n) is 21.8. The fourth-order valence-corrected chi connectivity index (χ4v) is 9.10. The molecule has 0 bridgehead atoms. The van der Waals surface area contributed by atoms with Gasteiger partial charge in [0.05, 0.1) is 53.8 Å². The van der Waals surface area contributed by atoms with Crippen molar-refractivity contribution in [1.29, 1.82) is 0 Å². The van der Waals surface area contributed by atoms with Gasteiger partial charge in [-0.1, -0.05) is 6.58 Å². The van der Waals surface area contributed by atoms with Gasteiger partial charge in [-0.3, -0.25) is 25.0 Å². The molecule has 5 rings (SSSR count). The number of nitrogens with one attached hydrogen (secondary N) is 5. The highest BCUT2D eigenvalue weighted by Crippen LogP contribution is 2.39. The van der Waals surface area contributed by atoms with Gasteiger partial charge in [-0.2, -0.15) is 13.2 Å². The fourth-order valence-electron chi connectivity index (χ4n) is 9.10. The Morgan fingerprint density at radius 2 is 1.33 bits per heavy atom. The Bertz CT molecular complexity index is 2650. The molecule has 1 saturated heterocycles. The summed E-state index contributed by atoms with van der Waals surface area (Å²) in [5, 5.41) is 82.6. The topological polar surface area (TPSA) is 381 Å². The van der Waals surface area contributed by atoms with Crippen LogP contribution in [0.25, 0.3) is 0 Å². The molecule has 9 N–H and O–H groups in total. The van der Waals surface area contributed by atoms with Crippen LogP contribution >= 0.6 is 0 Å². The van der Waals surface area contributed by atoms with E-state index in [2.05, 4.69) is 27.8 Å². The number of hydrogen-bond donors (Lipinski definition) is 9. The Hall–Kier alpha value is -7.58. The predicted octanol–water partition coefficient (Wildman–Crippen LogP) is 3.57. The van der Waals surface area contributed by atoms with Crippen LogP contribution < -0.4 is 26.6 Å². The standard InChI is InChI=1S/C51H69F3N8O20/c1-26(35(63)22-56-44(67)81-48(2,3)4)57-34-20-33(59-46(69)77-24-28-12-16-30(17-13-28)62(74)75)36(37(64)40(34)80-42-38(65)41(50(8,71)25-78-42)60(9)47(70)82-49(5,6)7)39-32(19-18-31(79-39)21-55-43(66)51(52,53)54)58-45(68)76-23-27-10-14-29(15-11-27)61(72)73/h10-18,32-42,57,63-65,71H,1,19-25H2,2-9H3,(H,55,66)(H,56,67)(H,58,68)(H,59,69)/t32-,33+,34-,35+,36?,37+,38-,39+,40+,41-,42-,50+/m1/s1. The molecular weight excluding hydrogens is 1100 g/mol. The summed E-state index contributed by atoms with van der Waals surface area (Å²) >= 11 is 0. The normalized spacial score (nSPS) is 26.0. The highest BCUT2D eigenvalue weighted by Gasteiger charge is 2.56. The van der Waals surface area contributed by atoms with Crippen molar-refractivity contribution in [3.63, 3.8) is 0 Å². The minimum Gasteiger partial charge on any atom is -0.491 e. The van der Waals surface area contributed by atoms with Crippen LogP contribution in [0.1, 0.15) is 72.4 Å². The molecule has 1 saturated carbocycles. The summed E-state index contributed by atoms with van der Waals surface area (Å²) in [7, 11) is 1.23. The van der Waals surface area contributed by atoms with E-state index in [9.17, 15) is 77.8 Å². The second kappa shape index (κ2) is 27.0. The molecule has 82 heavy (non-hydrogen) atoms. The monoisotopic (exact) mass is 1170 g/mol. The first-order valence-corrected chi connectivity index (χ1v) is 25.5. The molecule has 1 aliphatic carbocycles. The highest BCUT2D eigenvalue weighted by atomic mass is 19.4. The zero-order valence-corrected chi connectivity index (χ0v) is 46.0. The van der Waals surface area contributed by atoms with Crippen molar-refractivity contribution in [3.8, 4) is 0 Å². The van der Waals surface area contributed by atoms with Crippen LogP contribution in [-0.4, -0.2) is 176 Å². The number of amides is 5. The molecule has 0 radical (unpaired) electrons. The van der Waals surface area contributed by atoms with Crippen molar-refractivity contribution in [1.82, 2.24) is 31.5 Å². The fraction of sp³-hybridized carbons (Fsp3) is 0.588. The van der Waals surface area contributed by atoms with E-state index in [1.54, 1.807) is 46.9 Å². The lowest BCUT2D eigenvalue weighted by atomic mass is 9.72. The zero-order valence-electron chi connectivity index (χ0n) is 46.0. The molecule has 2 aromatic rings. The first-order valence-electron chi connectivity index (χ1n) is 25.5.